The number of aliphatic carboxylic acids is 1. The summed E-state index contributed by atoms with van der Waals surface area (Å²) in [6.07, 6.45) is 27.0. The number of rotatable bonds is 11. The second-order valence-electron chi connectivity index (χ2n) is 38.6. The number of phenolic OH excluding ortho intramolecular Hbond substituents is 4. The molecular weight excluding hydrogens is 1370 g/mol. The third kappa shape index (κ3) is 10.5. The van der Waals surface area contributed by atoms with Gasteiger partial charge in [-0.25, -0.2) is 25.3 Å². The largest absolute Gasteiger partial charge is 0.507 e. The lowest BCUT2D eigenvalue weighted by Crippen LogP contribution is -2.56. The van der Waals surface area contributed by atoms with Crippen LogP contribution >= 0.6 is 0 Å². The number of fused-ring (bicyclic) bond motifs is 8. The Labute approximate surface area is 618 Å². The second kappa shape index (κ2) is 22.4. The van der Waals surface area contributed by atoms with Crippen LogP contribution in [0.2, 0.25) is 0 Å². The Morgan fingerprint density at radius 1 is 0.286 bits per heavy atom. The molecule has 0 aromatic heterocycles. The fourth-order valence-corrected chi connectivity index (χ4v) is 30.9. The van der Waals surface area contributed by atoms with Gasteiger partial charge in [0.05, 0.1) is 20.1 Å². The average Bonchev–Trinajstić information content (AvgIpc) is 0.722. The SMILES string of the molecule is CS(=O)(=O)c1ccc(C23C[C@H]4C[C@@H](C2)CC(c2cc5c(O)c(c2)Cc2cc(C67C[C@@H]8C[C@@H](CC(c9ccc(S(C)(=O)=O)cc9)(C8)C6)C7)cc(c2O)Cc2cc(C67C[C@@H]8C[C@@H](CC(c9ccc(S(C)(=O)=O)cc9)(C8)C6)C7)cc(c2O)Cc2cc(C67C[C@@H]8C[C@@H](CC(C(=O)O)(C8)C6)C7)cc(c2O)C5)(C4)C3)cc1. The van der Waals surface area contributed by atoms with Crippen LogP contribution in [0.4, 0.5) is 0 Å². The first kappa shape index (κ1) is 67.4. The number of benzene rings is 7. The fraction of sp³-hybridized carbons (Fsp3) is 0.522. The minimum Gasteiger partial charge on any atom is -0.507 e. The van der Waals surface area contributed by atoms with Crippen molar-refractivity contribution in [2.45, 2.75) is 232 Å². The van der Waals surface area contributed by atoms with Crippen molar-refractivity contribution in [3.8, 4) is 23.0 Å². The minimum absolute atomic E-state index is 0.103. The highest BCUT2D eigenvalue weighted by atomic mass is 32.2. The van der Waals surface area contributed by atoms with E-state index in [1.165, 1.54) is 35.5 Å². The Balaban J connectivity index is 0.787. The van der Waals surface area contributed by atoms with Crippen molar-refractivity contribution in [3.05, 3.63) is 205 Å². The Kier molecular flexibility index (Phi) is 14.4. The Morgan fingerprint density at radius 2 is 0.467 bits per heavy atom. The summed E-state index contributed by atoms with van der Waals surface area (Å²) in [7, 11) is -10.3. The topological polar surface area (TPSA) is 221 Å². The minimum atomic E-state index is -3.43. The molecule has 17 aliphatic carbocycles. The first-order valence-electron chi connectivity index (χ1n) is 39.4. The summed E-state index contributed by atoms with van der Waals surface area (Å²) in [5, 5.41) is 65.7. The van der Waals surface area contributed by atoms with E-state index in [9.17, 15) is 55.6 Å². The first-order chi connectivity index (χ1) is 49.8. The molecule has 8 unspecified atom stereocenters. The van der Waals surface area contributed by atoms with E-state index in [2.05, 4.69) is 84.9 Å². The van der Waals surface area contributed by atoms with Gasteiger partial charge in [-0.15, -0.1) is 0 Å². The van der Waals surface area contributed by atoms with Gasteiger partial charge in [0.25, 0.3) is 0 Å². The number of hydrogen-bond donors (Lipinski definition) is 5. The van der Waals surface area contributed by atoms with Crippen molar-refractivity contribution in [3.63, 3.8) is 0 Å². The van der Waals surface area contributed by atoms with Crippen LogP contribution in [0, 0.1) is 52.8 Å². The number of aromatic hydroxyl groups is 4. The van der Waals surface area contributed by atoms with Gasteiger partial charge in [0, 0.05) is 44.5 Å². The van der Waals surface area contributed by atoms with Crippen molar-refractivity contribution in [2.24, 2.45) is 52.8 Å². The summed E-state index contributed by atoms with van der Waals surface area (Å²) in [5.74, 6) is 2.82. The molecule has 16 atom stereocenters. The van der Waals surface area contributed by atoms with Crippen molar-refractivity contribution < 1.29 is 55.6 Å². The van der Waals surface area contributed by atoms with Crippen LogP contribution in [0.3, 0.4) is 0 Å². The zero-order chi connectivity index (χ0) is 72.3. The van der Waals surface area contributed by atoms with Gasteiger partial charge in [0.15, 0.2) is 29.5 Å². The van der Waals surface area contributed by atoms with Crippen molar-refractivity contribution in [2.75, 3.05) is 18.8 Å². The van der Waals surface area contributed by atoms with E-state index in [-0.39, 0.29) is 93.0 Å². The van der Waals surface area contributed by atoms with Gasteiger partial charge in [-0.3, -0.25) is 4.79 Å². The zero-order valence-electron chi connectivity index (χ0n) is 60.8. The van der Waals surface area contributed by atoms with Crippen LogP contribution in [-0.2, 0) is 97.9 Å². The predicted octanol–water partition coefficient (Wildman–Crippen LogP) is 16.7. The molecule has 17 aliphatic rings. The summed E-state index contributed by atoms with van der Waals surface area (Å²) in [5.41, 5.74) is 10.6. The van der Waals surface area contributed by atoms with Crippen LogP contribution in [0.25, 0.3) is 0 Å². The van der Waals surface area contributed by atoms with E-state index in [0.717, 1.165) is 157 Å². The molecule has 16 saturated carbocycles. The molecule has 7 aromatic carbocycles. The van der Waals surface area contributed by atoms with Crippen LogP contribution in [-0.4, -0.2) is 75.5 Å². The molecule has 5 N–H and O–H groups in total. The smallest absolute Gasteiger partial charge is 0.309 e. The molecule has 0 spiro atoms. The van der Waals surface area contributed by atoms with Crippen molar-refractivity contribution >= 4 is 35.5 Å². The van der Waals surface area contributed by atoms with Crippen LogP contribution in [0.5, 0.6) is 23.0 Å². The summed E-state index contributed by atoms with van der Waals surface area (Å²) in [4.78, 5) is 14.6. The third-order valence-electron chi connectivity index (χ3n) is 31.4. The normalized spacial score (nSPS) is 36.4. The second-order valence-corrected chi connectivity index (χ2v) is 44.6. The highest BCUT2D eigenvalue weighted by molar-refractivity contribution is 7.91. The Bertz CT molecular complexity index is 4980. The molecule has 548 valence electrons. The molecule has 0 saturated heterocycles. The Morgan fingerprint density at radius 3 is 0.657 bits per heavy atom. The number of carbonyl (C=O) groups is 1. The molecule has 24 bridgehead atoms. The van der Waals surface area contributed by atoms with E-state index >= 15 is 0 Å². The summed E-state index contributed by atoms with van der Waals surface area (Å²) in [6.45, 7) is 0. The average molecular weight is 1470 g/mol. The highest BCUT2D eigenvalue weighted by Crippen LogP contribution is 2.71. The molecular formula is C90H98O12S3. The molecule has 0 amide bonds. The Hall–Kier alpha value is -6.94. The summed E-state index contributed by atoms with van der Waals surface area (Å²) >= 11 is 0. The quantitative estimate of drug-likeness (QED) is 0.0816. The lowest BCUT2D eigenvalue weighted by molar-refractivity contribution is -0.167. The van der Waals surface area contributed by atoms with Crippen LogP contribution < -0.4 is 0 Å². The van der Waals surface area contributed by atoms with E-state index in [1.807, 2.05) is 0 Å². The molecule has 0 radical (unpaired) electrons. The van der Waals surface area contributed by atoms with Crippen molar-refractivity contribution in [1.82, 2.24) is 0 Å². The standard InChI is InChI=1S/C90H98O12S3/c1-103(97,98)75-10-4-68(5-11-75)83-32-52-16-53(33-83)39-86(38-52,48-83)71-24-60-20-62-26-72(87-40-54-17-55(41-87)35-84(34-54,49-87)69-6-12-76(13-7-69)104(2,99)100)28-64(79(62)92)22-66-30-74(89-44-58-19-59(45-89)47-90(46-58,51-89)82(95)96)31-67(81(66)94)23-65-29-73(27-63(80(65)93)21-61(25-71)78(60)91)88-42-56-18-57(43-88)37-85(36-56,50-88)70-8-14-77(15-9-70)105(3,101)102/h4-15,24-31,52-59,91-94H,16-23,32-51H2,1-3H3,(H,95,96)/t52-,53+,54-,55+,56-,57+,58-,59+,83?,84?,85?,86?,87?,88?,89?,90?. The van der Waals surface area contributed by atoms with Gasteiger partial charge >= 0.3 is 5.97 Å². The molecule has 15 heteroatoms. The van der Waals surface area contributed by atoms with Crippen LogP contribution in [0.1, 0.15) is 238 Å². The maximum atomic E-state index is 13.7. The lowest BCUT2D eigenvalue weighted by atomic mass is 9.41. The van der Waals surface area contributed by atoms with Crippen LogP contribution in [0.15, 0.2) is 136 Å². The van der Waals surface area contributed by atoms with E-state index in [0.29, 0.717) is 114 Å². The van der Waals surface area contributed by atoms with E-state index in [4.69, 9.17) is 0 Å². The molecule has 16 fully saturated rings. The molecule has 12 nitrogen and oxygen atoms in total. The third-order valence-corrected chi connectivity index (χ3v) is 34.8. The van der Waals surface area contributed by atoms with Gasteiger partial charge in [0.2, 0.25) is 0 Å². The highest BCUT2D eigenvalue weighted by Gasteiger charge is 2.64. The van der Waals surface area contributed by atoms with Gasteiger partial charge in [-0.1, -0.05) is 84.9 Å². The predicted molar refractivity (Wildman–Crippen MR) is 403 cm³/mol. The molecule has 0 heterocycles. The van der Waals surface area contributed by atoms with E-state index < -0.39 is 46.3 Å². The number of sulfone groups is 3. The van der Waals surface area contributed by atoms with E-state index in [1.54, 1.807) is 36.4 Å². The molecule has 7 aromatic rings. The first-order valence-corrected chi connectivity index (χ1v) is 45.0. The number of carboxylic acid groups (broad SMARTS) is 1. The monoisotopic (exact) mass is 1470 g/mol. The van der Waals surface area contributed by atoms with Gasteiger partial charge in [-0.2, -0.15) is 0 Å². The van der Waals surface area contributed by atoms with Gasteiger partial charge < -0.3 is 25.5 Å². The molecule has 105 heavy (non-hydrogen) atoms. The lowest BCUT2D eigenvalue weighted by Gasteiger charge is -2.63. The summed E-state index contributed by atoms with van der Waals surface area (Å²) in [6, 6.07) is 40.9. The number of carboxylic acids is 1. The summed E-state index contributed by atoms with van der Waals surface area (Å²) < 4.78 is 77.4. The number of phenols is 4. The maximum absolute atomic E-state index is 13.7. The van der Waals surface area contributed by atoms with Crippen molar-refractivity contribution in [1.29, 1.82) is 0 Å². The maximum Gasteiger partial charge on any atom is 0.309 e. The van der Waals surface area contributed by atoms with Gasteiger partial charge in [0.1, 0.15) is 23.0 Å². The number of hydrogen-bond acceptors (Lipinski definition) is 11. The molecule has 24 rings (SSSR count). The fourth-order valence-electron chi connectivity index (χ4n) is 29.0. The zero-order valence-corrected chi connectivity index (χ0v) is 63.2. The van der Waals surface area contributed by atoms with Gasteiger partial charge in [-0.05, 0) is 359 Å². The molecule has 0 aliphatic heterocycles.